The third kappa shape index (κ3) is 6.30. The smallest absolute Gasteiger partial charge is 0.0775 e. The van der Waals surface area contributed by atoms with E-state index in [0.29, 0.717) is 0 Å². The third-order valence-electron chi connectivity index (χ3n) is 17.3. The lowest BCUT2D eigenvalue weighted by Crippen LogP contribution is -2.37. The van der Waals surface area contributed by atoms with Crippen molar-refractivity contribution in [3.63, 3.8) is 0 Å². The van der Waals surface area contributed by atoms with E-state index >= 15 is 0 Å². The minimum Gasteiger partial charge on any atom is -0.310 e. The summed E-state index contributed by atoms with van der Waals surface area (Å²) < 4.78 is 0. The predicted octanol–water partition coefficient (Wildman–Crippen LogP) is 18.1. The molecule has 0 saturated heterocycles. The van der Waals surface area contributed by atoms with Gasteiger partial charge in [0.25, 0.3) is 0 Å². The normalized spacial score (nSPS) is 16.3. The van der Waals surface area contributed by atoms with Crippen LogP contribution in [-0.2, 0) is 10.8 Å². The van der Waals surface area contributed by atoms with Gasteiger partial charge in [0.05, 0.1) is 18.9 Å². The fourth-order valence-corrected chi connectivity index (χ4v) is 15.2. The fraction of sp³-hybridized carbons (Fsp3) is 0.0959. The van der Waals surface area contributed by atoms with E-state index in [1.165, 1.54) is 111 Å². The van der Waals surface area contributed by atoms with Gasteiger partial charge in [-0.3, -0.25) is 0 Å². The Bertz CT molecular complexity index is 3940. The van der Waals surface area contributed by atoms with Gasteiger partial charge >= 0.3 is 0 Å². The topological polar surface area (TPSA) is 3.24 Å². The van der Waals surface area contributed by atoms with E-state index in [2.05, 4.69) is 285 Å². The van der Waals surface area contributed by atoms with Crippen LogP contribution in [0.15, 0.2) is 260 Å². The average Bonchev–Trinajstić information content (AvgIpc) is 4.35. The largest absolute Gasteiger partial charge is 0.310 e. The molecule has 1 nitrogen and oxygen atoms in total. The van der Waals surface area contributed by atoms with Gasteiger partial charge in [0, 0.05) is 17.1 Å². The second-order valence-electron chi connectivity index (χ2n) is 22.3. The van der Waals surface area contributed by atoms with Gasteiger partial charge in [-0.1, -0.05) is 237 Å². The van der Waals surface area contributed by atoms with Gasteiger partial charge in [-0.05, 0) is 167 Å². The van der Waals surface area contributed by atoms with Gasteiger partial charge in [-0.15, -0.1) is 0 Å². The number of benzene rings is 10. The van der Waals surface area contributed by atoms with Crippen molar-refractivity contribution in [3.8, 4) is 44.5 Å². The van der Waals surface area contributed by atoms with Crippen molar-refractivity contribution in [1.82, 2.24) is 0 Å². The molecular weight excluding hydrogens is 919 g/mol. The summed E-state index contributed by atoms with van der Waals surface area (Å²) in [6.45, 7) is 7.29. The SMILES string of the molecule is C[Si](C)(C)c1ccc(-c2ccc3c(c2)C2(C4=CC(/C=C/c5ccc6c(c5)C5(c7ccccc7-c7ccccc75)c5cc(N(c7ccccc7)c7ccccc7)ccc5-6)CC=C43)c3ccccc3-c3ccccc32)cc1. The number of hydrogen-bond acceptors (Lipinski definition) is 1. The molecule has 1 atom stereocenters. The maximum Gasteiger partial charge on any atom is 0.0775 e. The van der Waals surface area contributed by atoms with Crippen molar-refractivity contribution in [3.05, 3.63) is 310 Å². The molecule has 0 bridgehead atoms. The minimum atomic E-state index is -1.43. The standard InChI is InChI=1S/C73H55NSi/c1-75(2,3)55-38-34-50(35-39-55)51-36-42-62-60-40-32-48(44-68(60)72(70(62)46-51)64-26-14-10-22-56(64)57-23-11-15-27-65(57)72)30-31-49-33-41-61-63-43-37-54(74(52-18-6-4-7-19-52)53-20-8-5-9-21-53)47-71(63)73(69(61)45-49)66-28-16-12-24-58(66)59-25-13-17-29-67(59)73/h4-31,33-48H,32H2,1-3H3/b31-30+. The zero-order valence-corrected chi connectivity index (χ0v) is 43.6. The van der Waals surface area contributed by atoms with Gasteiger partial charge in [0.15, 0.2) is 0 Å². The van der Waals surface area contributed by atoms with Crippen LogP contribution in [0.5, 0.6) is 0 Å². The molecule has 2 heteroatoms. The van der Waals surface area contributed by atoms with E-state index in [9.17, 15) is 0 Å². The molecule has 0 aliphatic heterocycles. The van der Waals surface area contributed by atoms with Crippen LogP contribution in [0.1, 0.15) is 56.5 Å². The van der Waals surface area contributed by atoms with Crippen molar-refractivity contribution in [2.45, 2.75) is 36.9 Å². The first-order chi connectivity index (χ1) is 36.8. The molecule has 0 radical (unpaired) electrons. The fourth-order valence-electron chi connectivity index (χ4n) is 14.1. The molecule has 10 aromatic carbocycles. The maximum atomic E-state index is 2.63. The zero-order chi connectivity index (χ0) is 50.0. The van der Waals surface area contributed by atoms with Crippen LogP contribution < -0.4 is 10.1 Å². The maximum absolute atomic E-state index is 2.63. The molecule has 75 heavy (non-hydrogen) atoms. The molecular formula is C73H55NSi. The van der Waals surface area contributed by atoms with E-state index in [4.69, 9.17) is 0 Å². The molecule has 0 saturated carbocycles. The van der Waals surface area contributed by atoms with Gasteiger partial charge in [0.1, 0.15) is 0 Å². The monoisotopic (exact) mass is 973 g/mol. The number of rotatable bonds is 7. The van der Waals surface area contributed by atoms with Crippen LogP contribution in [0.25, 0.3) is 56.2 Å². The van der Waals surface area contributed by atoms with Crippen molar-refractivity contribution in [1.29, 1.82) is 0 Å². The van der Waals surface area contributed by atoms with Crippen molar-refractivity contribution < 1.29 is 0 Å². The molecule has 0 aromatic heterocycles. The predicted molar refractivity (Wildman–Crippen MR) is 317 cm³/mol. The Hall–Kier alpha value is -8.56. The van der Waals surface area contributed by atoms with Crippen LogP contribution in [0, 0.1) is 5.92 Å². The summed E-state index contributed by atoms with van der Waals surface area (Å²) in [5.41, 5.74) is 27.9. The van der Waals surface area contributed by atoms with Gasteiger partial charge in [-0.2, -0.15) is 0 Å². The first kappa shape index (κ1) is 44.0. The zero-order valence-electron chi connectivity index (χ0n) is 42.6. The number of para-hydroxylation sites is 2. The molecule has 356 valence electrons. The highest BCUT2D eigenvalue weighted by atomic mass is 28.3. The Morgan fingerprint density at radius 1 is 0.400 bits per heavy atom. The minimum absolute atomic E-state index is 0.209. The van der Waals surface area contributed by atoms with Crippen LogP contribution in [0.4, 0.5) is 17.1 Å². The molecule has 0 N–H and O–H groups in total. The van der Waals surface area contributed by atoms with Gasteiger partial charge < -0.3 is 4.90 Å². The molecule has 0 heterocycles. The first-order valence-electron chi connectivity index (χ1n) is 26.8. The Labute approximate surface area is 442 Å². The van der Waals surface area contributed by atoms with Crippen LogP contribution >= 0.6 is 0 Å². The molecule has 0 fully saturated rings. The van der Waals surface area contributed by atoms with E-state index in [1.807, 2.05) is 0 Å². The summed E-state index contributed by atoms with van der Waals surface area (Å²) in [6, 6.07) is 89.5. The molecule has 5 aliphatic rings. The highest BCUT2D eigenvalue weighted by molar-refractivity contribution is 6.88. The van der Waals surface area contributed by atoms with Gasteiger partial charge in [0.2, 0.25) is 0 Å². The number of fused-ring (bicyclic) bond motifs is 20. The third-order valence-corrected chi connectivity index (χ3v) is 19.4. The number of hydrogen-bond donors (Lipinski definition) is 0. The molecule has 5 aliphatic carbocycles. The molecule has 2 spiro atoms. The second kappa shape index (κ2) is 16.5. The first-order valence-corrected chi connectivity index (χ1v) is 30.3. The van der Waals surface area contributed by atoms with Crippen LogP contribution in [0.3, 0.4) is 0 Å². The van der Waals surface area contributed by atoms with E-state index in [0.717, 1.165) is 23.5 Å². The summed E-state index contributed by atoms with van der Waals surface area (Å²) in [7, 11) is -1.43. The number of allylic oxidation sites excluding steroid dienone is 5. The summed E-state index contributed by atoms with van der Waals surface area (Å²) in [5.74, 6) is 0.209. The van der Waals surface area contributed by atoms with E-state index < -0.39 is 18.9 Å². The Balaban J connectivity index is 0.864. The lowest BCUT2D eigenvalue weighted by molar-refractivity contribution is 0.748. The summed E-state index contributed by atoms with van der Waals surface area (Å²) in [4.78, 5) is 2.40. The highest BCUT2D eigenvalue weighted by Gasteiger charge is 2.55. The summed E-state index contributed by atoms with van der Waals surface area (Å²) >= 11 is 0. The Morgan fingerprint density at radius 3 is 1.44 bits per heavy atom. The van der Waals surface area contributed by atoms with E-state index in [-0.39, 0.29) is 5.92 Å². The van der Waals surface area contributed by atoms with Crippen LogP contribution in [-0.4, -0.2) is 8.07 Å². The molecule has 15 rings (SSSR count). The van der Waals surface area contributed by atoms with Gasteiger partial charge in [-0.25, -0.2) is 0 Å². The lowest BCUT2D eigenvalue weighted by atomic mass is 9.68. The Morgan fingerprint density at radius 2 is 0.867 bits per heavy atom. The van der Waals surface area contributed by atoms with Crippen molar-refractivity contribution in [2.24, 2.45) is 5.92 Å². The number of anilines is 3. The lowest BCUT2D eigenvalue weighted by Gasteiger charge is -2.33. The van der Waals surface area contributed by atoms with Crippen molar-refractivity contribution >= 4 is 42.0 Å². The van der Waals surface area contributed by atoms with Crippen molar-refractivity contribution in [2.75, 3.05) is 4.90 Å². The highest BCUT2D eigenvalue weighted by Crippen LogP contribution is 2.66. The quantitative estimate of drug-likeness (QED) is 0.144. The molecule has 0 amide bonds. The van der Waals surface area contributed by atoms with E-state index in [1.54, 1.807) is 0 Å². The molecule has 1 unspecified atom stereocenters. The summed E-state index contributed by atoms with van der Waals surface area (Å²) in [5, 5.41) is 1.49. The number of nitrogens with zero attached hydrogens (tertiary/aromatic N) is 1. The van der Waals surface area contributed by atoms with Crippen LogP contribution in [0.2, 0.25) is 19.6 Å². The summed E-state index contributed by atoms with van der Waals surface area (Å²) in [6.07, 6.45) is 11.0. The molecule has 10 aromatic rings. The second-order valence-corrected chi connectivity index (χ2v) is 27.3. The Kier molecular flexibility index (Phi) is 9.66. The average molecular weight is 974 g/mol.